The Kier molecular flexibility index (Phi) is 3.71. The average molecular weight is 320 g/mol. The van der Waals surface area contributed by atoms with Crippen LogP contribution in [0, 0.1) is 3.57 Å². The van der Waals surface area contributed by atoms with E-state index < -0.39 is 8.32 Å². The van der Waals surface area contributed by atoms with E-state index in [2.05, 4.69) is 22.6 Å². The predicted octanol–water partition coefficient (Wildman–Crippen LogP) is 3.28. The fourth-order valence-electron chi connectivity index (χ4n) is 0.960. The zero-order chi connectivity index (χ0) is 10.8. The first kappa shape index (κ1) is 11.7. The molecule has 0 fully saturated rings. The van der Waals surface area contributed by atoms with Crippen LogP contribution < -0.4 is 0 Å². The Morgan fingerprint density at radius 3 is 2.36 bits per heavy atom. The van der Waals surface area contributed by atoms with Crippen LogP contribution in [0.2, 0.25) is 19.6 Å². The van der Waals surface area contributed by atoms with E-state index in [9.17, 15) is 4.79 Å². The van der Waals surface area contributed by atoms with Gasteiger partial charge in [0.1, 0.15) is 0 Å². The fourth-order valence-corrected chi connectivity index (χ4v) is 2.23. The molecule has 2 nitrogen and oxygen atoms in total. The minimum Gasteiger partial charge on any atom is -0.516 e. The maximum absolute atomic E-state index is 11.7. The highest BCUT2D eigenvalue weighted by Crippen LogP contribution is 2.15. The lowest BCUT2D eigenvalue weighted by atomic mass is 10.2. The van der Waals surface area contributed by atoms with Crippen LogP contribution in [-0.2, 0) is 4.43 Å². The van der Waals surface area contributed by atoms with Crippen molar-refractivity contribution < 1.29 is 9.22 Å². The van der Waals surface area contributed by atoms with Crippen molar-refractivity contribution in [3.05, 3.63) is 33.4 Å². The van der Waals surface area contributed by atoms with E-state index in [0.717, 1.165) is 3.57 Å². The van der Waals surface area contributed by atoms with Gasteiger partial charge in [0.15, 0.2) is 0 Å². The Balaban J connectivity index is 2.86. The third kappa shape index (κ3) is 3.41. The predicted molar refractivity (Wildman–Crippen MR) is 67.9 cm³/mol. The zero-order valence-electron chi connectivity index (χ0n) is 8.50. The van der Waals surface area contributed by atoms with Crippen LogP contribution >= 0.6 is 22.6 Å². The van der Waals surface area contributed by atoms with E-state index in [1.54, 1.807) is 6.07 Å². The number of carbonyl (C=O) groups is 1. The average Bonchev–Trinajstić information content (AvgIpc) is 2.01. The summed E-state index contributed by atoms with van der Waals surface area (Å²) < 4.78 is 6.34. The monoisotopic (exact) mass is 320 g/mol. The molecular weight excluding hydrogens is 307 g/mol. The van der Waals surface area contributed by atoms with Crippen molar-refractivity contribution in [3.63, 3.8) is 0 Å². The molecule has 0 saturated carbocycles. The van der Waals surface area contributed by atoms with Crippen molar-refractivity contribution in [1.82, 2.24) is 0 Å². The van der Waals surface area contributed by atoms with Crippen molar-refractivity contribution in [3.8, 4) is 0 Å². The van der Waals surface area contributed by atoms with E-state index >= 15 is 0 Å². The minimum absolute atomic E-state index is 0.200. The van der Waals surface area contributed by atoms with Gasteiger partial charge >= 0.3 is 5.97 Å². The summed E-state index contributed by atoms with van der Waals surface area (Å²) >= 11 is 2.14. The second kappa shape index (κ2) is 4.44. The summed E-state index contributed by atoms with van der Waals surface area (Å²) in [6, 6.07) is 7.46. The second-order valence-electron chi connectivity index (χ2n) is 3.98. The van der Waals surface area contributed by atoms with Crippen LogP contribution in [0.5, 0.6) is 0 Å². The number of rotatable bonds is 2. The van der Waals surface area contributed by atoms with Crippen molar-refractivity contribution in [2.75, 3.05) is 0 Å². The molecule has 0 N–H and O–H groups in total. The van der Waals surface area contributed by atoms with Crippen molar-refractivity contribution >= 4 is 36.9 Å². The first-order chi connectivity index (χ1) is 6.40. The van der Waals surface area contributed by atoms with Crippen molar-refractivity contribution in [2.24, 2.45) is 0 Å². The first-order valence-corrected chi connectivity index (χ1v) is 8.87. The van der Waals surface area contributed by atoms with Crippen molar-refractivity contribution in [1.29, 1.82) is 0 Å². The largest absolute Gasteiger partial charge is 0.516 e. The van der Waals surface area contributed by atoms with E-state index in [1.165, 1.54) is 0 Å². The molecular formula is C10H13IO2Si. The number of hydrogen-bond acceptors (Lipinski definition) is 2. The highest BCUT2D eigenvalue weighted by Gasteiger charge is 2.21. The highest BCUT2D eigenvalue weighted by atomic mass is 127. The smallest absolute Gasteiger partial charge is 0.325 e. The third-order valence-corrected chi connectivity index (χ3v) is 3.23. The van der Waals surface area contributed by atoms with Gasteiger partial charge in [-0.1, -0.05) is 12.1 Å². The lowest BCUT2D eigenvalue weighted by Crippen LogP contribution is -2.29. The molecule has 0 radical (unpaired) electrons. The van der Waals surface area contributed by atoms with Gasteiger partial charge in [-0.25, -0.2) is 4.79 Å². The summed E-state index contributed by atoms with van der Waals surface area (Å²) in [5, 5.41) is 0. The molecule has 0 aliphatic carbocycles. The summed E-state index contributed by atoms with van der Waals surface area (Å²) in [6.45, 7) is 6.00. The Morgan fingerprint density at radius 2 is 1.86 bits per heavy atom. The Morgan fingerprint density at radius 1 is 1.29 bits per heavy atom. The van der Waals surface area contributed by atoms with Crippen LogP contribution in [0.3, 0.4) is 0 Å². The lowest BCUT2D eigenvalue weighted by Gasteiger charge is -2.17. The molecule has 1 rings (SSSR count). The Labute approximate surface area is 98.9 Å². The van der Waals surface area contributed by atoms with Crippen LogP contribution in [0.15, 0.2) is 24.3 Å². The molecule has 0 unspecified atom stereocenters. The SMILES string of the molecule is C[Si](C)(C)OC(=O)c1ccccc1I. The lowest BCUT2D eigenvalue weighted by molar-refractivity contribution is 0.0723. The summed E-state index contributed by atoms with van der Waals surface area (Å²) in [5.41, 5.74) is 0.663. The van der Waals surface area contributed by atoms with Gasteiger partial charge in [0.2, 0.25) is 8.32 Å². The van der Waals surface area contributed by atoms with Crippen LogP contribution in [0.4, 0.5) is 0 Å². The molecule has 0 aromatic heterocycles. The molecule has 0 atom stereocenters. The van der Waals surface area contributed by atoms with E-state index in [0.29, 0.717) is 5.56 Å². The molecule has 1 aromatic carbocycles. The number of hydrogen-bond donors (Lipinski definition) is 0. The maximum atomic E-state index is 11.7. The molecule has 0 saturated heterocycles. The number of halogens is 1. The zero-order valence-corrected chi connectivity index (χ0v) is 11.7. The van der Waals surface area contributed by atoms with Crippen LogP contribution in [0.25, 0.3) is 0 Å². The molecule has 0 aliphatic heterocycles. The van der Waals surface area contributed by atoms with Gasteiger partial charge < -0.3 is 4.43 Å². The topological polar surface area (TPSA) is 26.3 Å². The van der Waals surface area contributed by atoms with Gasteiger partial charge in [-0.05, 0) is 54.4 Å². The molecule has 14 heavy (non-hydrogen) atoms. The van der Waals surface area contributed by atoms with Gasteiger partial charge in [0.25, 0.3) is 0 Å². The standard InChI is InChI=1S/C10H13IO2Si/c1-14(2,3)13-10(12)8-6-4-5-7-9(8)11/h4-7H,1-3H3. The van der Waals surface area contributed by atoms with Crippen LogP contribution in [-0.4, -0.2) is 14.3 Å². The van der Waals surface area contributed by atoms with Gasteiger partial charge in [-0.15, -0.1) is 0 Å². The Hall–Kier alpha value is -0.363. The molecule has 0 aliphatic rings. The molecule has 76 valence electrons. The second-order valence-corrected chi connectivity index (χ2v) is 9.57. The summed E-state index contributed by atoms with van der Waals surface area (Å²) in [7, 11) is -1.78. The van der Waals surface area contributed by atoms with Crippen LogP contribution in [0.1, 0.15) is 10.4 Å². The van der Waals surface area contributed by atoms with Gasteiger partial charge in [0, 0.05) is 3.57 Å². The first-order valence-electron chi connectivity index (χ1n) is 4.38. The molecule has 1 aromatic rings. The van der Waals surface area contributed by atoms with Crippen molar-refractivity contribution in [2.45, 2.75) is 19.6 Å². The summed E-state index contributed by atoms with van der Waals surface area (Å²) in [6.07, 6.45) is 0. The molecule has 0 bridgehead atoms. The summed E-state index contributed by atoms with van der Waals surface area (Å²) in [4.78, 5) is 11.7. The molecule has 0 amide bonds. The highest BCUT2D eigenvalue weighted by molar-refractivity contribution is 14.1. The van der Waals surface area contributed by atoms with E-state index in [4.69, 9.17) is 4.43 Å². The number of benzene rings is 1. The normalized spacial score (nSPS) is 11.1. The molecule has 0 heterocycles. The van der Waals surface area contributed by atoms with E-state index in [1.807, 2.05) is 37.8 Å². The molecule has 4 heteroatoms. The fraction of sp³-hybridized carbons (Fsp3) is 0.300. The Bertz CT molecular complexity index is 344. The molecule has 0 spiro atoms. The third-order valence-electron chi connectivity index (χ3n) is 1.49. The van der Waals surface area contributed by atoms with Gasteiger partial charge in [-0.2, -0.15) is 0 Å². The number of carbonyl (C=O) groups excluding carboxylic acids is 1. The van der Waals surface area contributed by atoms with Gasteiger partial charge in [0.05, 0.1) is 5.56 Å². The minimum atomic E-state index is -1.78. The maximum Gasteiger partial charge on any atom is 0.325 e. The van der Waals surface area contributed by atoms with Gasteiger partial charge in [-0.3, -0.25) is 0 Å². The summed E-state index contributed by atoms with van der Waals surface area (Å²) in [5.74, 6) is -0.200. The quantitative estimate of drug-likeness (QED) is 0.617. The van der Waals surface area contributed by atoms with E-state index in [-0.39, 0.29) is 5.97 Å².